The highest BCUT2D eigenvalue weighted by atomic mass is 16.3. The maximum absolute atomic E-state index is 11.6. The second-order valence-corrected chi connectivity index (χ2v) is 5.16. The third-order valence-electron chi connectivity index (χ3n) is 3.72. The van der Waals surface area contributed by atoms with Crippen LogP contribution in [0.4, 0.5) is 0 Å². The molecule has 0 saturated heterocycles. The fourth-order valence-electron chi connectivity index (χ4n) is 2.71. The van der Waals surface area contributed by atoms with E-state index in [1.165, 1.54) is 18.4 Å². The van der Waals surface area contributed by atoms with Crippen LogP contribution >= 0.6 is 0 Å². The molecule has 98 valence electrons. The number of rotatable bonds is 2. The van der Waals surface area contributed by atoms with Crippen molar-refractivity contribution < 1.29 is 9.79 Å². The molecule has 1 aromatic carbocycles. The molecule has 0 fully saturated rings. The Morgan fingerprint density at radius 1 is 1.21 bits per heavy atom. The van der Waals surface area contributed by atoms with E-state index in [0.29, 0.717) is 6.42 Å². The number of hydrazone groups is 1. The first-order chi connectivity index (χ1) is 9.33. The molecule has 0 amide bonds. The monoisotopic (exact) mass is 254 g/mol. The van der Waals surface area contributed by atoms with Gasteiger partial charge >= 0.3 is 0 Å². The molecule has 1 aliphatic carbocycles. The summed E-state index contributed by atoms with van der Waals surface area (Å²) < 4.78 is 1.86. The molecular formula is C16H18N2O. The van der Waals surface area contributed by atoms with Crippen LogP contribution in [-0.4, -0.2) is 16.8 Å². The molecule has 0 saturated carbocycles. The molecule has 1 atom stereocenters. The molecule has 1 heterocycles. The topological polar surface area (TPSA) is 38.4 Å². The van der Waals surface area contributed by atoms with Crippen LogP contribution in [0.5, 0.6) is 0 Å². The minimum absolute atomic E-state index is 0.0264. The summed E-state index contributed by atoms with van der Waals surface area (Å²) in [4.78, 5) is 0. The van der Waals surface area contributed by atoms with E-state index in [1.54, 1.807) is 0 Å². The highest BCUT2D eigenvalue weighted by molar-refractivity contribution is 5.77. The highest BCUT2D eigenvalue weighted by Crippen LogP contribution is 2.26. The van der Waals surface area contributed by atoms with Crippen LogP contribution < -0.4 is 5.11 Å². The zero-order chi connectivity index (χ0) is 13.1. The van der Waals surface area contributed by atoms with E-state index >= 15 is 0 Å². The largest absolute Gasteiger partial charge is 0.857 e. The van der Waals surface area contributed by atoms with E-state index in [2.05, 4.69) is 29.5 Å². The van der Waals surface area contributed by atoms with E-state index in [-0.39, 0.29) is 11.9 Å². The van der Waals surface area contributed by atoms with Gasteiger partial charge in [0.1, 0.15) is 0 Å². The van der Waals surface area contributed by atoms with E-state index in [9.17, 15) is 5.11 Å². The first-order valence-electron chi connectivity index (χ1n) is 6.94. The molecule has 1 aliphatic heterocycles. The minimum atomic E-state index is -0.0264. The van der Waals surface area contributed by atoms with Gasteiger partial charge in [-0.3, -0.25) is 0 Å². The minimum Gasteiger partial charge on any atom is -0.857 e. The van der Waals surface area contributed by atoms with Gasteiger partial charge in [0.15, 0.2) is 6.21 Å². The molecular weight excluding hydrogens is 236 g/mol. The van der Waals surface area contributed by atoms with Crippen molar-refractivity contribution in [2.45, 2.75) is 38.1 Å². The summed E-state index contributed by atoms with van der Waals surface area (Å²) in [7, 11) is 0. The normalized spacial score (nSPS) is 25.3. The van der Waals surface area contributed by atoms with Gasteiger partial charge in [-0.25, -0.2) is 0 Å². The Hall–Kier alpha value is -1.90. The summed E-state index contributed by atoms with van der Waals surface area (Å²) in [6.45, 7) is 0. The second kappa shape index (κ2) is 5.39. The summed E-state index contributed by atoms with van der Waals surface area (Å²) in [5.41, 5.74) is 2.47. The van der Waals surface area contributed by atoms with Crippen LogP contribution in [-0.2, 0) is 0 Å². The summed E-state index contributed by atoms with van der Waals surface area (Å²) in [5.74, 6) is -0.0264. The van der Waals surface area contributed by atoms with Crippen molar-refractivity contribution in [1.29, 1.82) is 0 Å². The van der Waals surface area contributed by atoms with Gasteiger partial charge in [0.2, 0.25) is 6.04 Å². The van der Waals surface area contributed by atoms with Gasteiger partial charge in [0.25, 0.3) is 0 Å². The quantitative estimate of drug-likeness (QED) is 0.747. The van der Waals surface area contributed by atoms with Crippen molar-refractivity contribution in [2.24, 2.45) is 5.10 Å². The average molecular weight is 254 g/mol. The number of allylic oxidation sites excluding steroid dienone is 2. The fourth-order valence-corrected chi connectivity index (χ4v) is 2.71. The molecule has 1 aromatic rings. The van der Waals surface area contributed by atoms with Crippen molar-refractivity contribution in [2.75, 3.05) is 0 Å². The van der Waals surface area contributed by atoms with Crippen LogP contribution in [0.25, 0.3) is 0 Å². The number of hydrogen-bond donors (Lipinski definition) is 0. The molecule has 0 aromatic heterocycles. The first kappa shape index (κ1) is 12.2. The van der Waals surface area contributed by atoms with Crippen LogP contribution in [0.3, 0.4) is 0 Å². The summed E-state index contributed by atoms with van der Waals surface area (Å²) in [5, 5.41) is 15.8. The average Bonchev–Trinajstić information content (AvgIpc) is 2.82. The predicted molar refractivity (Wildman–Crippen MR) is 74.1 cm³/mol. The summed E-state index contributed by atoms with van der Waals surface area (Å²) in [6.07, 6.45) is 9.56. The Morgan fingerprint density at radius 2 is 2.05 bits per heavy atom. The van der Waals surface area contributed by atoms with Gasteiger partial charge in [-0.1, -0.05) is 41.1 Å². The van der Waals surface area contributed by atoms with Gasteiger partial charge in [-0.2, -0.15) is 0 Å². The molecule has 1 unspecified atom stereocenters. The summed E-state index contributed by atoms with van der Waals surface area (Å²) >= 11 is 0. The maximum atomic E-state index is 11.6. The van der Waals surface area contributed by atoms with Crippen molar-refractivity contribution >= 4 is 12.1 Å². The van der Waals surface area contributed by atoms with Gasteiger partial charge in [0.05, 0.1) is 6.42 Å². The van der Waals surface area contributed by atoms with Crippen LogP contribution in [0.2, 0.25) is 0 Å². The molecule has 2 aliphatic rings. The van der Waals surface area contributed by atoms with Crippen molar-refractivity contribution in [3.63, 3.8) is 0 Å². The lowest BCUT2D eigenvalue weighted by Crippen LogP contribution is -2.15. The molecule has 0 spiro atoms. The zero-order valence-corrected chi connectivity index (χ0v) is 11.0. The van der Waals surface area contributed by atoms with Crippen molar-refractivity contribution in [3.05, 3.63) is 47.5 Å². The Kier molecular flexibility index (Phi) is 3.45. The predicted octanol–water partition coefficient (Wildman–Crippen LogP) is 2.39. The SMILES string of the molecule is [O-]C1=N/[N+](=C\C2=CCCCC2)C(c2ccccc2)C1. The molecule has 0 bridgehead atoms. The Balaban J connectivity index is 1.89. The molecule has 0 radical (unpaired) electrons. The highest BCUT2D eigenvalue weighted by Gasteiger charge is 2.29. The Morgan fingerprint density at radius 3 is 2.79 bits per heavy atom. The zero-order valence-electron chi connectivity index (χ0n) is 11.0. The van der Waals surface area contributed by atoms with Crippen molar-refractivity contribution in [1.82, 2.24) is 0 Å². The first-order valence-corrected chi connectivity index (χ1v) is 6.94. The molecule has 3 nitrogen and oxygen atoms in total. The maximum Gasteiger partial charge on any atom is 0.213 e. The molecule has 3 heteroatoms. The van der Waals surface area contributed by atoms with E-state index in [1.807, 2.05) is 22.9 Å². The Bertz CT molecular complexity index is 543. The lowest BCUT2D eigenvalue weighted by atomic mass is 10.00. The van der Waals surface area contributed by atoms with Gasteiger partial charge in [0, 0.05) is 17.0 Å². The summed E-state index contributed by atoms with van der Waals surface area (Å²) in [6, 6.07) is 10.2. The third kappa shape index (κ3) is 2.75. The second-order valence-electron chi connectivity index (χ2n) is 5.16. The van der Waals surface area contributed by atoms with E-state index in [0.717, 1.165) is 18.4 Å². The standard InChI is InChI=1S/C16H18N2O/c19-16-11-15(14-9-5-2-6-10-14)18(17-16)12-13-7-3-1-4-8-13/h2,5-7,9-10,12,15H,1,3-4,8,11H2/b18-12-. The van der Waals surface area contributed by atoms with E-state index < -0.39 is 0 Å². The van der Waals surface area contributed by atoms with Gasteiger partial charge in [-0.05, 0) is 30.8 Å². The lowest BCUT2D eigenvalue weighted by Gasteiger charge is -2.09. The molecule has 3 rings (SSSR count). The smallest absolute Gasteiger partial charge is 0.213 e. The molecule has 19 heavy (non-hydrogen) atoms. The fraction of sp³-hybridized carbons (Fsp3) is 0.375. The van der Waals surface area contributed by atoms with Crippen molar-refractivity contribution in [3.8, 4) is 0 Å². The third-order valence-corrected chi connectivity index (χ3v) is 3.72. The number of hydrogen-bond acceptors (Lipinski definition) is 2. The van der Waals surface area contributed by atoms with Gasteiger partial charge < -0.3 is 5.11 Å². The number of nitrogens with zero attached hydrogens (tertiary/aromatic N) is 2. The van der Waals surface area contributed by atoms with Crippen LogP contribution in [0, 0.1) is 0 Å². The lowest BCUT2D eigenvalue weighted by molar-refractivity contribution is -0.563. The number of benzene rings is 1. The Labute approximate surface area is 113 Å². The molecule has 0 N–H and O–H groups in total. The van der Waals surface area contributed by atoms with E-state index in [4.69, 9.17) is 0 Å². The van der Waals surface area contributed by atoms with Gasteiger partial charge in [-0.15, -0.1) is 0 Å². The van der Waals surface area contributed by atoms with Crippen LogP contribution in [0.1, 0.15) is 43.7 Å². The van der Waals surface area contributed by atoms with Crippen LogP contribution in [0.15, 0.2) is 47.1 Å².